The van der Waals surface area contributed by atoms with Crippen LogP contribution in [0.25, 0.3) is 0 Å². The molecule has 0 saturated heterocycles. The highest BCUT2D eigenvalue weighted by Crippen LogP contribution is 2.34. The van der Waals surface area contributed by atoms with Crippen LogP contribution < -0.4 is 10.6 Å². The molecule has 2 N–H and O–H groups in total. The quantitative estimate of drug-likeness (QED) is 0.806. The van der Waals surface area contributed by atoms with E-state index < -0.39 is 0 Å². The minimum Gasteiger partial charge on any atom is -0.336 e. The highest BCUT2D eigenvalue weighted by molar-refractivity contribution is 5.90. The van der Waals surface area contributed by atoms with E-state index in [4.69, 9.17) is 0 Å². The van der Waals surface area contributed by atoms with Crippen LogP contribution >= 0.6 is 0 Å². The molecule has 0 atom stereocenters. The normalized spacial score (nSPS) is 12.4. The first kappa shape index (κ1) is 17.5. The van der Waals surface area contributed by atoms with E-state index in [2.05, 4.69) is 64.3 Å². The molecule has 0 fully saturated rings. The first-order valence-corrected chi connectivity index (χ1v) is 7.64. The molecule has 0 spiro atoms. The zero-order valence-electron chi connectivity index (χ0n) is 14.7. The van der Waals surface area contributed by atoms with Crippen molar-refractivity contribution in [3.05, 3.63) is 29.3 Å². The Kier molecular flexibility index (Phi) is 5.08. The van der Waals surface area contributed by atoms with Crippen molar-refractivity contribution < 1.29 is 4.79 Å². The maximum absolute atomic E-state index is 12.0. The van der Waals surface area contributed by atoms with E-state index >= 15 is 0 Å². The zero-order chi connectivity index (χ0) is 16.4. The van der Waals surface area contributed by atoms with Crippen molar-refractivity contribution in [1.29, 1.82) is 0 Å². The van der Waals surface area contributed by atoms with Crippen LogP contribution in [0.1, 0.15) is 66.5 Å². The second-order valence-electron chi connectivity index (χ2n) is 8.01. The lowest BCUT2D eigenvalue weighted by molar-refractivity contribution is 0.250. The van der Waals surface area contributed by atoms with E-state index in [1.807, 2.05) is 19.9 Å². The molecule has 0 radical (unpaired) electrons. The van der Waals surface area contributed by atoms with Gasteiger partial charge in [-0.3, -0.25) is 0 Å². The van der Waals surface area contributed by atoms with Gasteiger partial charge < -0.3 is 10.6 Å². The Morgan fingerprint density at radius 3 is 2.00 bits per heavy atom. The van der Waals surface area contributed by atoms with Crippen molar-refractivity contribution >= 4 is 11.7 Å². The molecule has 21 heavy (non-hydrogen) atoms. The molecule has 0 aliphatic heterocycles. The molecule has 0 unspecified atom stereocenters. The van der Waals surface area contributed by atoms with Gasteiger partial charge in [-0.05, 0) is 41.9 Å². The summed E-state index contributed by atoms with van der Waals surface area (Å²) < 4.78 is 0. The maximum atomic E-state index is 12.0. The largest absolute Gasteiger partial charge is 0.336 e. The summed E-state index contributed by atoms with van der Waals surface area (Å²) in [6.07, 6.45) is 0. The van der Waals surface area contributed by atoms with Gasteiger partial charge in [-0.25, -0.2) is 4.79 Å². The maximum Gasteiger partial charge on any atom is 0.319 e. The number of hydrogen-bond donors (Lipinski definition) is 2. The first-order valence-electron chi connectivity index (χ1n) is 7.64. The molecule has 1 aromatic rings. The lowest BCUT2D eigenvalue weighted by atomic mass is 9.80. The summed E-state index contributed by atoms with van der Waals surface area (Å²) in [5.41, 5.74) is 3.39. The molecular formula is C18H30N2O. The summed E-state index contributed by atoms with van der Waals surface area (Å²) in [7, 11) is 0. The Morgan fingerprint density at radius 1 is 1.00 bits per heavy atom. The molecule has 0 heterocycles. The lowest BCUT2D eigenvalue weighted by Gasteiger charge is -2.27. The number of rotatable bonds is 2. The monoisotopic (exact) mass is 290 g/mol. The van der Waals surface area contributed by atoms with Gasteiger partial charge in [-0.15, -0.1) is 0 Å². The second-order valence-corrected chi connectivity index (χ2v) is 8.01. The number of amides is 2. The van der Waals surface area contributed by atoms with E-state index in [-0.39, 0.29) is 22.9 Å². The lowest BCUT2D eigenvalue weighted by Crippen LogP contribution is -2.35. The van der Waals surface area contributed by atoms with Crippen LogP contribution in [0, 0.1) is 0 Å². The highest BCUT2D eigenvalue weighted by atomic mass is 16.2. The van der Waals surface area contributed by atoms with Gasteiger partial charge in [0.15, 0.2) is 0 Å². The van der Waals surface area contributed by atoms with Crippen LogP contribution in [0.5, 0.6) is 0 Å². The molecular weight excluding hydrogens is 260 g/mol. The fourth-order valence-corrected chi connectivity index (χ4v) is 2.16. The molecule has 118 valence electrons. The third-order valence-electron chi connectivity index (χ3n) is 3.36. The van der Waals surface area contributed by atoms with Gasteiger partial charge in [-0.1, -0.05) is 53.7 Å². The second kappa shape index (κ2) is 6.08. The van der Waals surface area contributed by atoms with Crippen LogP contribution in [0.3, 0.4) is 0 Å². The summed E-state index contributed by atoms with van der Waals surface area (Å²) >= 11 is 0. The van der Waals surface area contributed by atoms with E-state index in [1.165, 1.54) is 5.56 Å². The molecule has 1 rings (SSSR count). The fourth-order valence-electron chi connectivity index (χ4n) is 2.16. The number of carbonyl (C=O) groups excluding carboxylic acids is 1. The molecule has 3 nitrogen and oxygen atoms in total. The van der Waals surface area contributed by atoms with E-state index in [0.29, 0.717) is 0 Å². The van der Waals surface area contributed by atoms with Crippen molar-refractivity contribution in [3.63, 3.8) is 0 Å². The van der Waals surface area contributed by atoms with Gasteiger partial charge in [0, 0.05) is 11.7 Å². The van der Waals surface area contributed by atoms with Gasteiger partial charge in [0.1, 0.15) is 0 Å². The van der Waals surface area contributed by atoms with E-state index in [0.717, 1.165) is 11.3 Å². The third-order valence-corrected chi connectivity index (χ3v) is 3.36. The predicted octanol–water partition coefficient (Wildman–Crippen LogP) is 4.81. The van der Waals surface area contributed by atoms with Crippen LogP contribution in [0.15, 0.2) is 18.2 Å². The van der Waals surface area contributed by atoms with Crippen LogP contribution in [0.4, 0.5) is 10.5 Å². The average Bonchev–Trinajstić information content (AvgIpc) is 2.24. The summed E-state index contributed by atoms with van der Waals surface area (Å²) in [6, 6.07) is 6.29. The molecule has 2 amide bonds. The van der Waals surface area contributed by atoms with Crippen molar-refractivity contribution in [2.24, 2.45) is 0 Å². The van der Waals surface area contributed by atoms with Gasteiger partial charge >= 0.3 is 6.03 Å². The van der Waals surface area contributed by atoms with Crippen molar-refractivity contribution in [3.8, 4) is 0 Å². The summed E-state index contributed by atoms with van der Waals surface area (Å²) in [5, 5.41) is 5.84. The van der Waals surface area contributed by atoms with Gasteiger partial charge in [-0.2, -0.15) is 0 Å². The summed E-state index contributed by atoms with van der Waals surface area (Å²) in [6.45, 7) is 17.0. The van der Waals surface area contributed by atoms with E-state index in [1.54, 1.807) is 0 Å². The topological polar surface area (TPSA) is 41.1 Å². The standard InChI is InChI=1S/C18H30N2O/c1-12(2)19-16(21)20-15-10-9-13(17(3,4)5)11-14(15)18(6,7)8/h9-12H,1-8H3,(H2,19,20,21). The first-order chi connectivity index (χ1) is 9.41. The minimum absolute atomic E-state index is 0.0261. The number of hydrogen-bond acceptors (Lipinski definition) is 1. The summed E-state index contributed by atoms with van der Waals surface area (Å²) in [4.78, 5) is 12.0. The molecule has 3 heteroatoms. The van der Waals surface area contributed by atoms with Gasteiger partial charge in [0.2, 0.25) is 0 Å². The number of benzene rings is 1. The SMILES string of the molecule is CC(C)NC(=O)Nc1ccc(C(C)(C)C)cc1C(C)(C)C. The Labute approximate surface area is 129 Å². The van der Waals surface area contributed by atoms with Crippen molar-refractivity contribution in [2.45, 2.75) is 72.3 Å². The van der Waals surface area contributed by atoms with Gasteiger partial charge in [0.25, 0.3) is 0 Å². The smallest absolute Gasteiger partial charge is 0.319 e. The minimum atomic E-state index is -0.154. The molecule has 0 aliphatic rings. The molecule has 0 aliphatic carbocycles. The molecule has 0 bridgehead atoms. The molecule has 0 saturated carbocycles. The van der Waals surface area contributed by atoms with Crippen LogP contribution in [-0.2, 0) is 10.8 Å². The summed E-state index contributed by atoms with van der Waals surface area (Å²) in [5.74, 6) is 0. The van der Waals surface area contributed by atoms with Crippen molar-refractivity contribution in [1.82, 2.24) is 5.32 Å². The predicted molar refractivity (Wildman–Crippen MR) is 91.1 cm³/mol. The number of carbonyl (C=O) groups is 1. The Balaban J connectivity index is 3.18. The van der Waals surface area contributed by atoms with Gasteiger partial charge in [0.05, 0.1) is 0 Å². The fraction of sp³-hybridized carbons (Fsp3) is 0.611. The molecule has 1 aromatic carbocycles. The zero-order valence-corrected chi connectivity index (χ0v) is 14.7. The van der Waals surface area contributed by atoms with Crippen molar-refractivity contribution in [2.75, 3.05) is 5.32 Å². The number of nitrogens with one attached hydrogen (secondary N) is 2. The third kappa shape index (κ3) is 5.07. The molecule has 0 aromatic heterocycles. The van der Waals surface area contributed by atoms with Crippen LogP contribution in [-0.4, -0.2) is 12.1 Å². The van der Waals surface area contributed by atoms with E-state index in [9.17, 15) is 4.79 Å². The van der Waals surface area contributed by atoms with Crippen LogP contribution in [0.2, 0.25) is 0 Å². The highest BCUT2D eigenvalue weighted by Gasteiger charge is 2.23. The Hall–Kier alpha value is -1.51. The number of urea groups is 1. The average molecular weight is 290 g/mol. The number of anilines is 1. The Morgan fingerprint density at radius 2 is 1.57 bits per heavy atom. The Bertz CT molecular complexity index is 505.